The SMILES string of the molecule is CCC(C/C=C\N)C(C)(C)C. The highest BCUT2D eigenvalue weighted by Crippen LogP contribution is 2.31. The van der Waals surface area contributed by atoms with Gasteiger partial charge in [0.1, 0.15) is 0 Å². The van der Waals surface area contributed by atoms with Gasteiger partial charge in [0.25, 0.3) is 0 Å². The zero-order chi connectivity index (χ0) is 8.91. The fourth-order valence-corrected chi connectivity index (χ4v) is 1.38. The molecule has 2 N–H and O–H groups in total. The van der Waals surface area contributed by atoms with E-state index in [9.17, 15) is 0 Å². The Morgan fingerprint density at radius 2 is 1.91 bits per heavy atom. The highest BCUT2D eigenvalue weighted by atomic mass is 14.5. The summed E-state index contributed by atoms with van der Waals surface area (Å²) in [5.74, 6) is 0.752. The highest BCUT2D eigenvalue weighted by Gasteiger charge is 2.20. The molecule has 0 bridgehead atoms. The number of rotatable bonds is 3. The van der Waals surface area contributed by atoms with Gasteiger partial charge in [0.05, 0.1) is 0 Å². The van der Waals surface area contributed by atoms with Crippen LogP contribution in [0.15, 0.2) is 12.3 Å². The van der Waals surface area contributed by atoms with E-state index >= 15 is 0 Å². The van der Waals surface area contributed by atoms with E-state index in [2.05, 4.69) is 33.8 Å². The summed E-state index contributed by atoms with van der Waals surface area (Å²) in [5, 5.41) is 0. The van der Waals surface area contributed by atoms with E-state index in [-0.39, 0.29) is 0 Å². The van der Waals surface area contributed by atoms with E-state index in [1.165, 1.54) is 6.42 Å². The summed E-state index contributed by atoms with van der Waals surface area (Å²) in [6.45, 7) is 9.09. The molecule has 0 aliphatic heterocycles. The molecular formula is C10H21N. The first-order valence-electron chi connectivity index (χ1n) is 4.39. The van der Waals surface area contributed by atoms with Crippen LogP contribution < -0.4 is 5.73 Å². The lowest BCUT2D eigenvalue weighted by Gasteiger charge is -2.28. The van der Waals surface area contributed by atoms with E-state index in [1.54, 1.807) is 6.20 Å². The van der Waals surface area contributed by atoms with Gasteiger partial charge in [-0.15, -0.1) is 0 Å². The Labute approximate surface area is 70.7 Å². The van der Waals surface area contributed by atoms with Crippen LogP contribution in [0.3, 0.4) is 0 Å². The molecule has 0 aliphatic rings. The molecule has 0 aromatic carbocycles. The molecule has 0 rings (SSSR count). The number of allylic oxidation sites excluding steroid dienone is 1. The van der Waals surface area contributed by atoms with Crippen molar-refractivity contribution in [1.29, 1.82) is 0 Å². The highest BCUT2D eigenvalue weighted by molar-refractivity contribution is 4.83. The van der Waals surface area contributed by atoms with Crippen LogP contribution in [-0.2, 0) is 0 Å². The molecular weight excluding hydrogens is 134 g/mol. The second-order valence-electron chi connectivity index (χ2n) is 4.14. The molecule has 0 aromatic heterocycles. The zero-order valence-electron chi connectivity index (χ0n) is 8.22. The van der Waals surface area contributed by atoms with Crippen LogP contribution in [0, 0.1) is 11.3 Å². The second kappa shape index (κ2) is 4.42. The molecule has 1 nitrogen and oxygen atoms in total. The number of hydrogen-bond donors (Lipinski definition) is 1. The molecule has 11 heavy (non-hydrogen) atoms. The van der Waals surface area contributed by atoms with Crippen molar-refractivity contribution in [3.05, 3.63) is 12.3 Å². The Kier molecular flexibility index (Phi) is 4.24. The third-order valence-corrected chi connectivity index (χ3v) is 2.27. The minimum atomic E-state index is 0.411. The fraction of sp³-hybridized carbons (Fsp3) is 0.800. The van der Waals surface area contributed by atoms with E-state index in [0.717, 1.165) is 12.3 Å². The van der Waals surface area contributed by atoms with Crippen molar-refractivity contribution < 1.29 is 0 Å². The summed E-state index contributed by atoms with van der Waals surface area (Å²) in [6, 6.07) is 0. The Hall–Kier alpha value is -0.460. The quantitative estimate of drug-likeness (QED) is 0.666. The first-order chi connectivity index (χ1) is 5.02. The average molecular weight is 155 g/mol. The van der Waals surface area contributed by atoms with Gasteiger partial charge in [-0.3, -0.25) is 0 Å². The lowest BCUT2D eigenvalue weighted by atomic mass is 9.77. The lowest BCUT2D eigenvalue weighted by molar-refractivity contribution is 0.235. The van der Waals surface area contributed by atoms with Gasteiger partial charge in [0.2, 0.25) is 0 Å². The van der Waals surface area contributed by atoms with Gasteiger partial charge in [-0.1, -0.05) is 40.2 Å². The smallest absolute Gasteiger partial charge is 0.0103 e. The molecule has 0 saturated carbocycles. The summed E-state index contributed by atoms with van der Waals surface area (Å²) in [5.41, 5.74) is 5.71. The maximum absolute atomic E-state index is 5.29. The Bertz CT molecular complexity index is 119. The van der Waals surface area contributed by atoms with Crippen molar-refractivity contribution in [3.63, 3.8) is 0 Å². The van der Waals surface area contributed by atoms with Crippen molar-refractivity contribution in [2.75, 3.05) is 0 Å². The molecule has 0 radical (unpaired) electrons. The summed E-state index contributed by atoms with van der Waals surface area (Å²) in [7, 11) is 0. The van der Waals surface area contributed by atoms with Crippen molar-refractivity contribution in [2.45, 2.75) is 40.5 Å². The van der Waals surface area contributed by atoms with Gasteiger partial charge in [0.15, 0.2) is 0 Å². The summed E-state index contributed by atoms with van der Waals surface area (Å²) in [6.07, 6.45) is 6.04. The molecule has 0 heterocycles. The van der Waals surface area contributed by atoms with Gasteiger partial charge in [-0.2, -0.15) is 0 Å². The monoisotopic (exact) mass is 155 g/mol. The predicted molar refractivity (Wildman–Crippen MR) is 51.2 cm³/mol. The zero-order valence-corrected chi connectivity index (χ0v) is 8.22. The molecule has 0 spiro atoms. The molecule has 0 saturated heterocycles. The standard InChI is InChI=1S/C10H21N/c1-5-9(7-6-8-11)10(2,3)4/h6,8-9H,5,7,11H2,1-4H3/b8-6-. The fourth-order valence-electron chi connectivity index (χ4n) is 1.38. The van der Waals surface area contributed by atoms with Crippen LogP contribution in [0.1, 0.15) is 40.5 Å². The van der Waals surface area contributed by atoms with E-state index in [0.29, 0.717) is 5.41 Å². The minimum absolute atomic E-state index is 0.411. The second-order valence-corrected chi connectivity index (χ2v) is 4.14. The molecule has 1 atom stereocenters. The van der Waals surface area contributed by atoms with Crippen molar-refractivity contribution in [1.82, 2.24) is 0 Å². The van der Waals surface area contributed by atoms with Gasteiger partial charge >= 0.3 is 0 Å². The third kappa shape index (κ3) is 4.07. The maximum atomic E-state index is 5.29. The molecule has 0 fully saturated rings. The van der Waals surface area contributed by atoms with Crippen LogP contribution in [0.5, 0.6) is 0 Å². The molecule has 0 aromatic rings. The molecule has 0 amide bonds. The Morgan fingerprint density at radius 3 is 2.18 bits per heavy atom. The largest absolute Gasteiger partial charge is 0.405 e. The lowest BCUT2D eigenvalue weighted by Crippen LogP contribution is -2.18. The summed E-state index contributed by atoms with van der Waals surface area (Å²) < 4.78 is 0. The Balaban J connectivity index is 3.96. The first-order valence-corrected chi connectivity index (χ1v) is 4.39. The summed E-state index contributed by atoms with van der Waals surface area (Å²) >= 11 is 0. The van der Waals surface area contributed by atoms with Crippen LogP contribution in [0.2, 0.25) is 0 Å². The Morgan fingerprint density at radius 1 is 1.36 bits per heavy atom. The van der Waals surface area contributed by atoms with E-state index in [1.807, 2.05) is 0 Å². The van der Waals surface area contributed by atoms with Crippen molar-refractivity contribution in [3.8, 4) is 0 Å². The summed E-state index contributed by atoms with van der Waals surface area (Å²) in [4.78, 5) is 0. The van der Waals surface area contributed by atoms with Gasteiger partial charge in [-0.05, 0) is 24.0 Å². The van der Waals surface area contributed by atoms with E-state index in [4.69, 9.17) is 5.73 Å². The third-order valence-electron chi connectivity index (χ3n) is 2.27. The van der Waals surface area contributed by atoms with Gasteiger partial charge in [-0.25, -0.2) is 0 Å². The van der Waals surface area contributed by atoms with E-state index < -0.39 is 0 Å². The number of nitrogens with two attached hydrogens (primary N) is 1. The van der Waals surface area contributed by atoms with Crippen molar-refractivity contribution in [2.24, 2.45) is 17.1 Å². The van der Waals surface area contributed by atoms with Crippen LogP contribution >= 0.6 is 0 Å². The van der Waals surface area contributed by atoms with Crippen molar-refractivity contribution >= 4 is 0 Å². The minimum Gasteiger partial charge on any atom is -0.405 e. The van der Waals surface area contributed by atoms with Crippen LogP contribution in [0.4, 0.5) is 0 Å². The van der Waals surface area contributed by atoms with Crippen LogP contribution in [0.25, 0.3) is 0 Å². The number of hydrogen-bond acceptors (Lipinski definition) is 1. The molecule has 1 unspecified atom stereocenters. The molecule has 1 heteroatoms. The maximum Gasteiger partial charge on any atom is -0.0103 e. The molecule has 0 aliphatic carbocycles. The van der Waals surface area contributed by atoms with Gasteiger partial charge in [0, 0.05) is 0 Å². The van der Waals surface area contributed by atoms with Gasteiger partial charge < -0.3 is 5.73 Å². The van der Waals surface area contributed by atoms with Crippen LogP contribution in [-0.4, -0.2) is 0 Å². The average Bonchev–Trinajstić information content (AvgIpc) is 1.87. The topological polar surface area (TPSA) is 26.0 Å². The molecule has 66 valence electrons. The normalized spacial score (nSPS) is 15.6. The predicted octanol–water partition coefficient (Wildman–Crippen LogP) is 2.92. The first kappa shape index (κ1) is 10.5.